The third-order valence-electron chi connectivity index (χ3n) is 4.17. The van der Waals surface area contributed by atoms with E-state index in [9.17, 15) is 38.4 Å². The highest BCUT2D eigenvalue weighted by Gasteiger charge is 2.50. The number of carbonyl (C=O) groups is 2. The van der Waals surface area contributed by atoms with Crippen LogP contribution in [0.1, 0.15) is 0 Å². The second-order valence-corrected chi connectivity index (χ2v) is 11.0. The summed E-state index contributed by atoms with van der Waals surface area (Å²) in [4.78, 5) is 59.6. The average Bonchev–Trinajstić information content (AvgIpc) is 2.91. The highest BCUT2D eigenvalue weighted by atomic mass is 31.3. The van der Waals surface area contributed by atoms with Gasteiger partial charge in [0.15, 0.2) is 0 Å². The molecule has 33 heavy (non-hydrogen) atoms. The van der Waals surface area contributed by atoms with Crippen LogP contribution in [0.15, 0.2) is 23.8 Å². The number of nitrogens with two attached hydrogens (primary N) is 1. The van der Waals surface area contributed by atoms with E-state index < -0.39 is 72.2 Å². The molecule has 1 saturated heterocycles. The van der Waals surface area contributed by atoms with E-state index in [0.29, 0.717) is 0 Å². The minimum atomic E-state index is -5.75. The maximum absolute atomic E-state index is 12.2. The lowest BCUT2D eigenvalue weighted by atomic mass is 9.90. The van der Waals surface area contributed by atoms with E-state index in [1.807, 2.05) is 5.32 Å². The molecule has 2 rings (SSSR count). The first-order valence-electron chi connectivity index (χ1n) is 8.79. The van der Waals surface area contributed by atoms with Crippen LogP contribution in [0, 0.1) is 5.92 Å². The maximum atomic E-state index is 12.2. The Morgan fingerprint density at radius 3 is 2.27 bits per heavy atom. The minimum absolute atomic E-state index is 0.0204. The SMILES string of the molecule is NC/C=C/C1=CC([C@@H]2O[C@H](COP(=O)(O)OP(=O)(O)OP(=O)(O)O)[C@H](O)C2O)C(=O)NC1=O. The van der Waals surface area contributed by atoms with Gasteiger partial charge in [-0.15, -0.1) is 0 Å². The first-order valence-corrected chi connectivity index (χ1v) is 13.3. The molecule has 4 unspecified atom stereocenters. The van der Waals surface area contributed by atoms with Crippen LogP contribution in [0.25, 0.3) is 0 Å². The van der Waals surface area contributed by atoms with Gasteiger partial charge in [-0.2, -0.15) is 8.62 Å². The first kappa shape index (κ1) is 28.1. The summed E-state index contributed by atoms with van der Waals surface area (Å²) >= 11 is 0. The number of aliphatic hydroxyl groups is 2. The summed E-state index contributed by atoms with van der Waals surface area (Å²) in [6.45, 7) is -0.956. The van der Waals surface area contributed by atoms with E-state index in [1.54, 1.807) is 0 Å². The molecule has 0 aromatic rings. The zero-order valence-electron chi connectivity index (χ0n) is 16.3. The van der Waals surface area contributed by atoms with Crippen molar-refractivity contribution in [2.45, 2.75) is 24.4 Å². The Labute approximate surface area is 185 Å². The molecule has 20 heteroatoms. The Morgan fingerprint density at radius 2 is 1.70 bits per heavy atom. The second kappa shape index (κ2) is 10.6. The topological polar surface area (TPSA) is 282 Å². The number of phosphoric ester groups is 1. The van der Waals surface area contributed by atoms with Crippen LogP contribution in [-0.4, -0.2) is 79.2 Å². The Morgan fingerprint density at radius 1 is 1.06 bits per heavy atom. The summed E-state index contributed by atoms with van der Waals surface area (Å²) < 4.78 is 50.5. The smallest absolute Gasteiger partial charge is 0.388 e. The van der Waals surface area contributed by atoms with Crippen LogP contribution in [-0.2, 0) is 41.2 Å². The van der Waals surface area contributed by atoms with Crippen LogP contribution in [0.4, 0.5) is 0 Å². The third kappa shape index (κ3) is 7.96. The van der Waals surface area contributed by atoms with Crippen molar-refractivity contribution in [3.8, 4) is 0 Å². The van der Waals surface area contributed by atoms with E-state index >= 15 is 0 Å². The van der Waals surface area contributed by atoms with Gasteiger partial charge < -0.3 is 40.3 Å². The lowest BCUT2D eigenvalue weighted by molar-refractivity contribution is -0.136. The zero-order chi connectivity index (χ0) is 25.2. The fourth-order valence-corrected chi connectivity index (χ4v) is 5.90. The molecule has 2 heterocycles. The molecule has 17 nitrogen and oxygen atoms in total. The van der Waals surface area contributed by atoms with Crippen molar-refractivity contribution in [3.05, 3.63) is 23.8 Å². The fraction of sp³-hybridized carbons (Fsp3) is 0.538. The highest BCUT2D eigenvalue weighted by Crippen LogP contribution is 2.66. The molecule has 188 valence electrons. The lowest BCUT2D eigenvalue weighted by Crippen LogP contribution is -2.47. The van der Waals surface area contributed by atoms with Crippen LogP contribution in [0.3, 0.4) is 0 Å². The summed E-state index contributed by atoms with van der Waals surface area (Å²) in [5.74, 6) is -2.88. The van der Waals surface area contributed by atoms with E-state index in [4.69, 9.17) is 25.2 Å². The summed E-state index contributed by atoms with van der Waals surface area (Å²) in [7, 11) is -16.8. The molecule has 7 atom stereocenters. The van der Waals surface area contributed by atoms with Gasteiger partial charge in [0.1, 0.15) is 24.4 Å². The summed E-state index contributed by atoms with van der Waals surface area (Å²) in [5, 5.41) is 22.4. The number of rotatable bonds is 10. The van der Waals surface area contributed by atoms with Crippen molar-refractivity contribution >= 4 is 35.3 Å². The van der Waals surface area contributed by atoms with Gasteiger partial charge in [-0.05, 0) is 0 Å². The highest BCUT2D eigenvalue weighted by molar-refractivity contribution is 7.66. The minimum Gasteiger partial charge on any atom is -0.388 e. The number of carbonyl (C=O) groups excluding carboxylic acids is 2. The second-order valence-electron chi connectivity index (χ2n) is 6.61. The van der Waals surface area contributed by atoms with Crippen molar-refractivity contribution < 1.29 is 71.0 Å². The summed E-state index contributed by atoms with van der Waals surface area (Å²) in [5.41, 5.74) is 5.33. The largest absolute Gasteiger partial charge is 0.490 e. The number of phosphoric acid groups is 3. The Bertz CT molecular complexity index is 976. The van der Waals surface area contributed by atoms with Crippen molar-refractivity contribution in [1.29, 1.82) is 0 Å². The molecule has 0 aromatic heterocycles. The standard InChI is InChI=1S/C13H21N2O15P3/c14-3-1-2-6-4-7(13(19)15-12(6)18)11-10(17)9(16)8(28-11)5-27-32(23,24)30-33(25,26)29-31(20,21)22/h1-2,4,7-11,16-17H,3,5,14H2,(H,23,24)(H,25,26)(H,15,18,19)(H2,20,21,22)/b2-1+/t7?,8-,9+,10?,11+/m1/s1. The van der Waals surface area contributed by atoms with E-state index in [-0.39, 0.29) is 12.1 Å². The van der Waals surface area contributed by atoms with Gasteiger partial charge in [0, 0.05) is 12.1 Å². The molecule has 0 saturated carbocycles. The van der Waals surface area contributed by atoms with Crippen molar-refractivity contribution in [1.82, 2.24) is 5.32 Å². The molecule has 2 amide bonds. The van der Waals surface area contributed by atoms with Crippen molar-refractivity contribution in [2.24, 2.45) is 11.7 Å². The average molecular weight is 538 g/mol. The number of nitrogens with one attached hydrogen (secondary N) is 1. The van der Waals surface area contributed by atoms with E-state index in [1.165, 1.54) is 18.2 Å². The molecule has 9 N–H and O–H groups in total. The van der Waals surface area contributed by atoms with Gasteiger partial charge in [0.05, 0.1) is 12.5 Å². The van der Waals surface area contributed by atoms with Crippen molar-refractivity contribution in [3.63, 3.8) is 0 Å². The number of amides is 2. The molecule has 0 aromatic carbocycles. The van der Waals surface area contributed by atoms with Crippen LogP contribution in [0.5, 0.6) is 0 Å². The van der Waals surface area contributed by atoms with Gasteiger partial charge in [-0.1, -0.05) is 18.2 Å². The predicted octanol–water partition coefficient (Wildman–Crippen LogP) is -2.47. The fourth-order valence-electron chi connectivity index (χ4n) is 2.87. The van der Waals surface area contributed by atoms with Gasteiger partial charge in [-0.25, -0.2) is 13.7 Å². The lowest BCUT2D eigenvalue weighted by Gasteiger charge is -2.26. The molecular formula is C13H21N2O15P3. The molecule has 0 aliphatic carbocycles. The van der Waals surface area contributed by atoms with E-state index in [2.05, 4.69) is 13.1 Å². The Hall–Kier alpha value is -1.13. The summed E-state index contributed by atoms with van der Waals surface area (Å²) in [6.07, 6.45) is -2.63. The van der Waals surface area contributed by atoms with Crippen LogP contribution >= 0.6 is 23.5 Å². The Balaban J connectivity index is 2.09. The number of ether oxygens (including phenoxy) is 1. The summed E-state index contributed by atoms with van der Waals surface area (Å²) in [6, 6.07) is 0. The molecule has 0 spiro atoms. The van der Waals surface area contributed by atoms with Crippen LogP contribution in [0.2, 0.25) is 0 Å². The van der Waals surface area contributed by atoms with Gasteiger partial charge >= 0.3 is 23.5 Å². The quantitative estimate of drug-likeness (QED) is 0.106. The monoisotopic (exact) mass is 538 g/mol. The molecule has 0 radical (unpaired) electrons. The van der Waals surface area contributed by atoms with Gasteiger partial charge in [0.2, 0.25) is 5.91 Å². The normalized spacial score (nSPS) is 32.3. The van der Waals surface area contributed by atoms with Gasteiger partial charge in [0.25, 0.3) is 5.91 Å². The van der Waals surface area contributed by atoms with Crippen LogP contribution < -0.4 is 11.1 Å². The number of hydrogen-bond acceptors (Lipinski definition) is 12. The van der Waals surface area contributed by atoms with Gasteiger partial charge in [-0.3, -0.25) is 19.4 Å². The molecule has 2 aliphatic heterocycles. The molecular weight excluding hydrogens is 517 g/mol. The maximum Gasteiger partial charge on any atom is 0.490 e. The van der Waals surface area contributed by atoms with E-state index in [0.717, 1.165) is 0 Å². The predicted molar refractivity (Wildman–Crippen MR) is 103 cm³/mol. The number of aliphatic hydroxyl groups excluding tert-OH is 2. The number of hydrogen-bond donors (Lipinski definition) is 8. The first-order chi connectivity index (χ1) is 15.1. The third-order valence-corrected chi connectivity index (χ3v) is 7.97. The molecule has 2 aliphatic rings. The molecule has 1 fully saturated rings. The zero-order valence-corrected chi connectivity index (χ0v) is 19.0. The Kier molecular flexibility index (Phi) is 9.07. The molecule has 0 bridgehead atoms. The number of imide groups is 1. The van der Waals surface area contributed by atoms with Crippen molar-refractivity contribution in [2.75, 3.05) is 13.2 Å².